The minimum Gasteiger partial charge on any atom is -0.325 e. The first kappa shape index (κ1) is 22.9. The first-order chi connectivity index (χ1) is 14.8. The zero-order chi connectivity index (χ0) is 23.8. The smallest absolute Gasteiger partial charge is 0.325 e. The molecule has 1 fully saturated rings. The van der Waals surface area contributed by atoms with Gasteiger partial charge < -0.3 is 10.6 Å². The molecule has 2 N–H and O–H groups in total. The lowest BCUT2D eigenvalue weighted by Crippen LogP contribution is -2.42. The van der Waals surface area contributed by atoms with Gasteiger partial charge in [0.05, 0.1) is 4.92 Å². The second-order valence-corrected chi connectivity index (χ2v) is 9.08. The van der Waals surface area contributed by atoms with E-state index in [1.165, 1.54) is 18.2 Å². The molecule has 0 aromatic heterocycles. The molecule has 1 atom stereocenters. The molecule has 9 nitrogen and oxygen atoms in total. The van der Waals surface area contributed by atoms with E-state index in [9.17, 15) is 24.5 Å². The van der Waals surface area contributed by atoms with E-state index < -0.39 is 34.9 Å². The van der Waals surface area contributed by atoms with Gasteiger partial charge in [-0.25, -0.2) is 4.79 Å². The van der Waals surface area contributed by atoms with Crippen molar-refractivity contribution in [2.75, 3.05) is 11.9 Å². The van der Waals surface area contributed by atoms with Crippen molar-refractivity contribution in [2.45, 2.75) is 45.6 Å². The van der Waals surface area contributed by atoms with Crippen LogP contribution in [0.1, 0.15) is 44.4 Å². The van der Waals surface area contributed by atoms with Crippen LogP contribution in [0, 0.1) is 17.0 Å². The number of imide groups is 1. The minimum atomic E-state index is -1.28. The van der Waals surface area contributed by atoms with Crippen molar-refractivity contribution >= 4 is 29.2 Å². The van der Waals surface area contributed by atoms with Gasteiger partial charge in [0.1, 0.15) is 12.1 Å². The van der Waals surface area contributed by atoms with E-state index in [-0.39, 0.29) is 11.1 Å². The number of carbonyl (C=O) groups is 3. The third-order valence-electron chi connectivity index (χ3n) is 5.58. The molecule has 1 heterocycles. The van der Waals surface area contributed by atoms with Gasteiger partial charge in [0, 0.05) is 17.3 Å². The number of hydrogen-bond donors (Lipinski definition) is 2. The van der Waals surface area contributed by atoms with Crippen LogP contribution in [-0.4, -0.2) is 34.2 Å². The van der Waals surface area contributed by atoms with Gasteiger partial charge in [-0.05, 0) is 42.5 Å². The van der Waals surface area contributed by atoms with Crippen LogP contribution in [0.3, 0.4) is 0 Å². The van der Waals surface area contributed by atoms with Crippen molar-refractivity contribution in [1.82, 2.24) is 10.2 Å². The van der Waals surface area contributed by atoms with Gasteiger partial charge in [-0.15, -0.1) is 0 Å². The summed E-state index contributed by atoms with van der Waals surface area (Å²) in [6, 6.07) is 10.9. The molecule has 0 radical (unpaired) electrons. The molecule has 9 heteroatoms. The molecule has 32 heavy (non-hydrogen) atoms. The molecular weight excluding hydrogens is 412 g/mol. The number of nitrogens with zero attached hydrogens (tertiary/aromatic N) is 2. The Hall–Kier alpha value is -3.75. The van der Waals surface area contributed by atoms with Crippen LogP contribution in [-0.2, 0) is 20.5 Å². The summed E-state index contributed by atoms with van der Waals surface area (Å²) in [7, 11) is 0. The number of benzene rings is 2. The Morgan fingerprint density at radius 1 is 1.16 bits per heavy atom. The van der Waals surface area contributed by atoms with Gasteiger partial charge in [-0.3, -0.25) is 24.6 Å². The summed E-state index contributed by atoms with van der Waals surface area (Å²) < 4.78 is 0. The standard InChI is InChI=1S/C23H26N4O5/c1-14-12-17(10-11-18(14)27(31)32)24-19(28)13-26-20(29)23(5,25-21(26)30)16-8-6-15(7-9-16)22(2,3)4/h6-12H,13H2,1-5H3,(H,24,28)(H,25,30). The molecule has 1 aliphatic heterocycles. The third-order valence-corrected chi connectivity index (χ3v) is 5.58. The molecule has 0 aliphatic carbocycles. The van der Waals surface area contributed by atoms with Gasteiger partial charge in [-0.1, -0.05) is 45.0 Å². The summed E-state index contributed by atoms with van der Waals surface area (Å²) in [4.78, 5) is 49.3. The van der Waals surface area contributed by atoms with Gasteiger partial charge >= 0.3 is 6.03 Å². The second-order valence-electron chi connectivity index (χ2n) is 9.08. The van der Waals surface area contributed by atoms with Crippen LogP contribution in [0.4, 0.5) is 16.2 Å². The first-order valence-electron chi connectivity index (χ1n) is 10.1. The highest BCUT2D eigenvalue weighted by Crippen LogP contribution is 2.31. The summed E-state index contributed by atoms with van der Waals surface area (Å²) in [6.07, 6.45) is 0. The Balaban J connectivity index is 1.74. The number of hydrogen-bond acceptors (Lipinski definition) is 5. The minimum absolute atomic E-state index is 0.0529. The van der Waals surface area contributed by atoms with Crippen molar-refractivity contribution in [3.63, 3.8) is 0 Å². The molecule has 0 bridgehead atoms. The van der Waals surface area contributed by atoms with E-state index in [0.29, 0.717) is 16.8 Å². The summed E-state index contributed by atoms with van der Waals surface area (Å²) in [5.74, 6) is -1.12. The highest BCUT2D eigenvalue weighted by molar-refractivity contribution is 6.10. The van der Waals surface area contributed by atoms with E-state index in [2.05, 4.69) is 31.4 Å². The Bertz CT molecular complexity index is 1100. The molecule has 1 saturated heterocycles. The van der Waals surface area contributed by atoms with Crippen LogP contribution < -0.4 is 10.6 Å². The van der Waals surface area contributed by atoms with Crippen molar-refractivity contribution < 1.29 is 19.3 Å². The first-order valence-corrected chi connectivity index (χ1v) is 10.1. The largest absolute Gasteiger partial charge is 0.325 e. The lowest BCUT2D eigenvalue weighted by atomic mass is 9.84. The molecule has 1 aliphatic rings. The number of anilines is 1. The van der Waals surface area contributed by atoms with Gasteiger partial charge in [0.2, 0.25) is 5.91 Å². The van der Waals surface area contributed by atoms with E-state index in [1.807, 2.05) is 24.3 Å². The van der Waals surface area contributed by atoms with Gasteiger partial charge in [0.15, 0.2) is 0 Å². The summed E-state index contributed by atoms with van der Waals surface area (Å²) in [5, 5.41) is 16.2. The number of carbonyl (C=O) groups excluding carboxylic acids is 3. The third kappa shape index (κ3) is 4.32. The van der Waals surface area contributed by atoms with E-state index >= 15 is 0 Å². The van der Waals surface area contributed by atoms with Gasteiger partial charge in [-0.2, -0.15) is 0 Å². The molecule has 4 amide bonds. The zero-order valence-corrected chi connectivity index (χ0v) is 18.7. The lowest BCUT2D eigenvalue weighted by Gasteiger charge is -2.24. The van der Waals surface area contributed by atoms with E-state index in [4.69, 9.17) is 0 Å². The molecule has 2 aromatic rings. The fourth-order valence-electron chi connectivity index (χ4n) is 3.62. The number of nitro benzene ring substituents is 1. The number of amides is 4. The molecule has 1 unspecified atom stereocenters. The number of urea groups is 1. The topological polar surface area (TPSA) is 122 Å². The molecule has 168 valence electrons. The summed E-state index contributed by atoms with van der Waals surface area (Å²) >= 11 is 0. The molecule has 0 spiro atoms. The summed E-state index contributed by atoms with van der Waals surface area (Å²) in [6.45, 7) is 8.94. The van der Waals surface area contributed by atoms with Crippen LogP contribution >= 0.6 is 0 Å². The Kier molecular flexibility index (Phi) is 5.78. The fraction of sp³-hybridized carbons (Fsp3) is 0.348. The Morgan fingerprint density at radius 2 is 1.78 bits per heavy atom. The molecular formula is C23H26N4O5. The highest BCUT2D eigenvalue weighted by Gasteiger charge is 2.49. The predicted molar refractivity (Wildman–Crippen MR) is 119 cm³/mol. The fourth-order valence-corrected chi connectivity index (χ4v) is 3.62. The Labute approximate surface area is 185 Å². The molecule has 0 saturated carbocycles. The average molecular weight is 438 g/mol. The average Bonchev–Trinajstić information content (AvgIpc) is 2.91. The highest BCUT2D eigenvalue weighted by atomic mass is 16.6. The second kappa shape index (κ2) is 8.07. The van der Waals surface area contributed by atoms with E-state index in [1.54, 1.807) is 13.8 Å². The molecule has 3 rings (SSSR count). The maximum atomic E-state index is 13.1. The predicted octanol–water partition coefficient (Wildman–Crippen LogP) is 3.61. The SMILES string of the molecule is Cc1cc(NC(=O)CN2C(=O)NC(C)(c3ccc(C(C)(C)C)cc3)C2=O)ccc1[N+](=O)[O-]. The number of nitrogens with one attached hydrogen (secondary N) is 2. The number of rotatable bonds is 5. The Morgan fingerprint density at radius 3 is 2.31 bits per heavy atom. The monoisotopic (exact) mass is 438 g/mol. The van der Waals surface area contributed by atoms with Crippen LogP contribution in [0.5, 0.6) is 0 Å². The zero-order valence-electron chi connectivity index (χ0n) is 18.7. The van der Waals surface area contributed by atoms with Crippen molar-refractivity contribution in [2.24, 2.45) is 0 Å². The van der Waals surface area contributed by atoms with Crippen LogP contribution in [0.15, 0.2) is 42.5 Å². The van der Waals surface area contributed by atoms with Gasteiger partial charge in [0.25, 0.3) is 11.6 Å². The molecule has 2 aromatic carbocycles. The number of aryl methyl sites for hydroxylation is 1. The van der Waals surface area contributed by atoms with Crippen molar-refractivity contribution in [3.8, 4) is 0 Å². The number of nitro groups is 1. The van der Waals surface area contributed by atoms with Crippen molar-refractivity contribution in [1.29, 1.82) is 0 Å². The van der Waals surface area contributed by atoms with Crippen molar-refractivity contribution in [3.05, 3.63) is 69.3 Å². The normalized spacial score (nSPS) is 18.5. The van der Waals surface area contributed by atoms with E-state index in [0.717, 1.165) is 10.5 Å². The van der Waals surface area contributed by atoms with Crippen LogP contribution in [0.25, 0.3) is 0 Å². The van der Waals surface area contributed by atoms with Crippen LogP contribution in [0.2, 0.25) is 0 Å². The maximum Gasteiger partial charge on any atom is 0.325 e. The maximum absolute atomic E-state index is 13.1. The quantitative estimate of drug-likeness (QED) is 0.420. The summed E-state index contributed by atoms with van der Waals surface area (Å²) in [5.41, 5.74) is 1.04. The lowest BCUT2D eigenvalue weighted by molar-refractivity contribution is -0.385.